The number of aliphatic hydroxyl groups excluding tert-OH is 1. The van der Waals surface area contributed by atoms with Gasteiger partial charge in [0.1, 0.15) is 0 Å². The van der Waals surface area contributed by atoms with Crippen LogP contribution in [-0.2, 0) is 0 Å². The first-order valence-corrected chi connectivity index (χ1v) is 5.96. The van der Waals surface area contributed by atoms with E-state index in [0.717, 1.165) is 19.6 Å². The molecule has 1 aliphatic heterocycles. The number of hydrogen-bond donors (Lipinski definition) is 1. The normalized spacial score (nSPS) is 27.2. The molecule has 1 heterocycles. The SMILES string of the molecule is CN(C)CCN1CC(CO)CCC1(C)C. The first-order valence-electron chi connectivity index (χ1n) is 5.96. The van der Waals surface area contributed by atoms with Crippen molar-refractivity contribution < 1.29 is 5.11 Å². The third-order valence-corrected chi connectivity index (χ3v) is 3.57. The van der Waals surface area contributed by atoms with Crippen molar-refractivity contribution in [3.63, 3.8) is 0 Å². The van der Waals surface area contributed by atoms with Gasteiger partial charge in [-0.2, -0.15) is 0 Å². The lowest BCUT2D eigenvalue weighted by molar-refractivity contribution is 0.0222. The molecule has 1 saturated heterocycles. The van der Waals surface area contributed by atoms with Crippen LogP contribution in [0.2, 0.25) is 0 Å². The second kappa shape index (κ2) is 5.28. The molecule has 3 heteroatoms. The molecule has 1 rings (SSSR count). The highest BCUT2D eigenvalue weighted by Crippen LogP contribution is 2.29. The minimum absolute atomic E-state index is 0.307. The summed E-state index contributed by atoms with van der Waals surface area (Å²) in [6.07, 6.45) is 2.37. The van der Waals surface area contributed by atoms with Crippen molar-refractivity contribution >= 4 is 0 Å². The molecule has 0 aliphatic carbocycles. The maximum Gasteiger partial charge on any atom is 0.0471 e. The number of nitrogens with zero attached hydrogens (tertiary/aromatic N) is 2. The summed E-state index contributed by atoms with van der Waals surface area (Å²) in [4.78, 5) is 4.75. The minimum atomic E-state index is 0.307. The van der Waals surface area contributed by atoms with Crippen LogP contribution in [0.4, 0.5) is 0 Å². The van der Waals surface area contributed by atoms with E-state index in [1.54, 1.807) is 0 Å². The lowest BCUT2D eigenvalue weighted by Crippen LogP contribution is -2.52. The van der Waals surface area contributed by atoms with E-state index >= 15 is 0 Å². The standard InChI is InChI=1S/C12H26N2O/c1-12(2)6-5-11(10-15)9-14(12)8-7-13(3)4/h11,15H,5-10H2,1-4H3. The van der Waals surface area contributed by atoms with Gasteiger partial charge in [-0.1, -0.05) is 0 Å². The van der Waals surface area contributed by atoms with Crippen LogP contribution >= 0.6 is 0 Å². The molecular formula is C12H26N2O. The van der Waals surface area contributed by atoms with Crippen LogP contribution in [0.15, 0.2) is 0 Å². The molecule has 1 N–H and O–H groups in total. The molecule has 1 unspecified atom stereocenters. The van der Waals surface area contributed by atoms with Crippen LogP contribution in [0.25, 0.3) is 0 Å². The molecule has 0 radical (unpaired) electrons. The number of rotatable bonds is 4. The van der Waals surface area contributed by atoms with E-state index in [1.807, 2.05) is 0 Å². The number of likely N-dealkylation sites (N-methyl/N-ethyl adjacent to an activating group) is 1. The van der Waals surface area contributed by atoms with Gasteiger partial charge in [0.25, 0.3) is 0 Å². The van der Waals surface area contributed by atoms with Crippen molar-refractivity contribution in [2.24, 2.45) is 5.92 Å². The zero-order valence-corrected chi connectivity index (χ0v) is 10.7. The van der Waals surface area contributed by atoms with Gasteiger partial charge >= 0.3 is 0 Å². The lowest BCUT2D eigenvalue weighted by Gasteiger charge is -2.45. The Balaban J connectivity index is 2.48. The van der Waals surface area contributed by atoms with E-state index < -0.39 is 0 Å². The van der Waals surface area contributed by atoms with Crippen molar-refractivity contribution in [2.75, 3.05) is 40.3 Å². The van der Waals surface area contributed by atoms with Crippen molar-refractivity contribution in [2.45, 2.75) is 32.2 Å². The van der Waals surface area contributed by atoms with Crippen molar-refractivity contribution in [3.05, 3.63) is 0 Å². The summed E-state index contributed by atoms with van der Waals surface area (Å²) in [6.45, 7) is 8.23. The molecule has 3 nitrogen and oxygen atoms in total. The highest BCUT2D eigenvalue weighted by atomic mass is 16.3. The van der Waals surface area contributed by atoms with Gasteiger partial charge < -0.3 is 10.0 Å². The van der Waals surface area contributed by atoms with Crippen LogP contribution in [0, 0.1) is 5.92 Å². The fourth-order valence-electron chi connectivity index (χ4n) is 2.23. The second-order valence-electron chi connectivity index (χ2n) is 5.65. The van der Waals surface area contributed by atoms with Gasteiger partial charge in [0.05, 0.1) is 0 Å². The summed E-state index contributed by atoms with van der Waals surface area (Å²) < 4.78 is 0. The highest BCUT2D eigenvalue weighted by molar-refractivity contribution is 4.88. The van der Waals surface area contributed by atoms with Gasteiger partial charge in [-0.15, -0.1) is 0 Å². The Bertz CT molecular complexity index is 192. The number of aliphatic hydroxyl groups is 1. The molecule has 90 valence electrons. The molecule has 1 fully saturated rings. The molecule has 1 atom stereocenters. The van der Waals surface area contributed by atoms with Crippen LogP contribution in [0.3, 0.4) is 0 Å². The van der Waals surface area contributed by atoms with E-state index in [-0.39, 0.29) is 0 Å². The maximum absolute atomic E-state index is 9.22. The summed E-state index contributed by atoms with van der Waals surface area (Å²) >= 11 is 0. The third-order valence-electron chi connectivity index (χ3n) is 3.57. The van der Waals surface area contributed by atoms with Crippen molar-refractivity contribution in [1.29, 1.82) is 0 Å². The first kappa shape index (κ1) is 12.9. The Labute approximate surface area is 94.1 Å². The van der Waals surface area contributed by atoms with Crippen molar-refractivity contribution in [3.8, 4) is 0 Å². The van der Waals surface area contributed by atoms with E-state index in [4.69, 9.17) is 0 Å². The quantitative estimate of drug-likeness (QED) is 0.757. The van der Waals surface area contributed by atoms with Gasteiger partial charge in [0.15, 0.2) is 0 Å². The van der Waals surface area contributed by atoms with Gasteiger partial charge in [-0.05, 0) is 46.7 Å². The molecule has 0 saturated carbocycles. The molecule has 0 aromatic heterocycles. The van der Waals surface area contributed by atoms with E-state index in [0.29, 0.717) is 18.1 Å². The molecule has 0 aromatic carbocycles. The number of hydrogen-bond acceptors (Lipinski definition) is 3. The Morgan fingerprint density at radius 2 is 2.07 bits per heavy atom. The Hall–Kier alpha value is -0.120. The zero-order valence-electron chi connectivity index (χ0n) is 10.7. The molecular weight excluding hydrogens is 188 g/mol. The summed E-state index contributed by atoms with van der Waals surface area (Å²) in [5.41, 5.74) is 0.307. The maximum atomic E-state index is 9.22. The van der Waals surface area contributed by atoms with E-state index in [2.05, 4.69) is 37.7 Å². The fraction of sp³-hybridized carbons (Fsp3) is 1.00. The van der Waals surface area contributed by atoms with Gasteiger partial charge in [0.2, 0.25) is 0 Å². The molecule has 0 bridgehead atoms. The smallest absolute Gasteiger partial charge is 0.0471 e. The summed E-state index contributed by atoms with van der Waals surface area (Å²) in [5, 5.41) is 9.22. The molecule has 0 amide bonds. The summed E-state index contributed by atoms with van der Waals surface area (Å²) in [5.74, 6) is 0.486. The molecule has 15 heavy (non-hydrogen) atoms. The summed E-state index contributed by atoms with van der Waals surface area (Å²) in [6, 6.07) is 0. The number of likely N-dealkylation sites (tertiary alicyclic amines) is 1. The predicted molar refractivity (Wildman–Crippen MR) is 64.0 cm³/mol. The molecule has 1 aliphatic rings. The average molecular weight is 214 g/mol. The zero-order chi connectivity index (χ0) is 11.5. The highest BCUT2D eigenvalue weighted by Gasteiger charge is 2.33. The largest absolute Gasteiger partial charge is 0.396 e. The van der Waals surface area contributed by atoms with Crippen LogP contribution < -0.4 is 0 Å². The predicted octanol–water partition coefficient (Wildman–Crippen LogP) is 1.03. The number of piperidine rings is 1. The monoisotopic (exact) mass is 214 g/mol. The Kier molecular flexibility index (Phi) is 4.56. The van der Waals surface area contributed by atoms with Crippen LogP contribution in [0.1, 0.15) is 26.7 Å². The first-order chi connectivity index (χ1) is 6.95. The third kappa shape index (κ3) is 3.74. The van der Waals surface area contributed by atoms with E-state index in [1.165, 1.54) is 12.8 Å². The Morgan fingerprint density at radius 1 is 1.40 bits per heavy atom. The molecule has 0 spiro atoms. The van der Waals surface area contributed by atoms with Gasteiger partial charge in [-0.25, -0.2) is 0 Å². The minimum Gasteiger partial charge on any atom is -0.396 e. The van der Waals surface area contributed by atoms with Crippen molar-refractivity contribution in [1.82, 2.24) is 9.80 Å². The summed E-state index contributed by atoms with van der Waals surface area (Å²) in [7, 11) is 4.22. The van der Waals surface area contributed by atoms with Crippen LogP contribution in [-0.4, -0.2) is 60.8 Å². The average Bonchev–Trinajstić information content (AvgIpc) is 2.15. The van der Waals surface area contributed by atoms with Crippen LogP contribution in [0.5, 0.6) is 0 Å². The topological polar surface area (TPSA) is 26.7 Å². The Morgan fingerprint density at radius 3 is 2.60 bits per heavy atom. The molecule has 0 aromatic rings. The second-order valence-corrected chi connectivity index (χ2v) is 5.65. The van der Waals surface area contributed by atoms with Gasteiger partial charge in [-0.3, -0.25) is 4.90 Å². The fourth-order valence-corrected chi connectivity index (χ4v) is 2.23. The lowest BCUT2D eigenvalue weighted by atomic mass is 9.85. The van der Waals surface area contributed by atoms with E-state index in [9.17, 15) is 5.11 Å². The van der Waals surface area contributed by atoms with Gasteiger partial charge in [0, 0.05) is 31.8 Å².